The molecule has 1 unspecified atom stereocenters. The molecule has 4 nitrogen and oxygen atoms in total. The van der Waals surface area contributed by atoms with Gasteiger partial charge in [0.25, 0.3) is 0 Å². The van der Waals surface area contributed by atoms with E-state index in [2.05, 4.69) is 0 Å². The summed E-state index contributed by atoms with van der Waals surface area (Å²) in [5, 5.41) is 0. The van der Waals surface area contributed by atoms with Gasteiger partial charge >= 0.3 is 0 Å². The molecule has 0 aromatic carbocycles. The molecule has 0 saturated carbocycles. The summed E-state index contributed by atoms with van der Waals surface area (Å²) < 4.78 is 0. The van der Waals surface area contributed by atoms with E-state index >= 15 is 0 Å². The van der Waals surface area contributed by atoms with Crippen molar-refractivity contribution >= 4 is 11.8 Å². The fourth-order valence-electron chi connectivity index (χ4n) is 1.57. The SMILES string of the molecule is CC(=O)N1CCC(CC(N)=O)C1. The summed E-state index contributed by atoms with van der Waals surface area (Å²) >= 11 is 0. The molecule has 1 rings (SSSR count). The van der Waals surface area contributed by atoms with Crippen molar-refractivity contribution in [1.29, 1.82) is 0 Å². The molecule has 1 fully saturated rings. The summed E-state index contributed by atoms with van der Waals surface area (Å²) in [4.78, 5) is 23.2. The highest BCUT2D eigenvalue weighted by atomic mass is 16.2. The van der Waals surface area contributed by atoms with Crippen molar-refractivity contribution in [2.75, 3.05) is 13.1 Å². The van der Waals surface area contributed by atoms with Crippen LogP contribution in [0, 0.1) is 5.92 Å². The van der Waals surface area contributed by atoms with Gasteiger partial charge < -0.3 is 10.6 Å². The van der Waals surface area contributed by atoms with E-state index in [1.807, 2.05) is 0 Å². The monoisotopic (exact) mass is 170 g/mol. The van der Waals surface area contributed by atoms with Crippen LogP contribution in [0.1, 0.15) is 19.8 Å². The third-order valence-corrected chi connectivity index (χ3v) is 2.22. The maximum absolute atomic E-state index is 10.9. The predicted molar refractivity (Wildman–Crippen MR) is 44.2 cm³/mol. The summed E-state index contributed by atoms with van der Waals surface area (Å²) in [6.07, 6.45) is 1.31. The first-order valence-electron chi connectivity index (χ1n) is 4.13. The summed E-state index contributed by atoms with van der Waals surface area (Å²) in [5.41, 5.74) is 5.05. The molecule has 0 aromatic heterocycles. The molecule has 0 aromatic rings. The van der Waals surface area contributed by atoms with E-state index in [-0.39, 0.29) is 17.7 Å². The minimum Gasteiger partial charge on any atom is -0.370 e. The largest absolute Gasteiger partial charge is 0.370 e. The molecule has 12 heavy (non-hydrogen) atoms. The number of hydrogen-bond donors (Lipinski definition) is 1. The molecule has 1 heterocycles. The van der Waals surface area contributed by atoms with Gasteiger partial charge in [-0.05, 0) is 12.3 Å². The lowest BCUT2D eigenvalue weighted by atomic mass is 10.1. The average Bonchev–Trinajstić information content (AvgIpc) is 2.34. The molecule has 1 aliphatic rings. The van der Waals surface area contributed by atoms with Crippen LogP contribution >= 0.6 is 0 Å². The lowest BCUT2D eigenvalue weighted by Gasteiger charge is -2.12. The Morgan fingerprint density at radius 3 is 2.67 bits per heavy atom. The second kappa shape index (κ2) is 3.56. The lowest BCUT2D eigenvalue weighted by Crippen LogP contribution is -2.26. The van der Waals surface area contributed by atoms with Crippen LogP contribution in [-0.2, 0) is 9.59 Å². The predicted octanol–water partition coefficient (Wildman–Crippen LogP) is -0.270. The van der Waals surface area contributed by atoms with E-state index in [0.29, 0.717) is 13.0 Å². The van der Waals surface area contributed by atoms with Crippen molar-refractivity contribution in [3.05, 3.63) is 0 Å². The van der Waals surface area contributed by atoms with Crippen LogP contribution in [0.4, 0.5) is 0 Å². The van der Waals surface area contributed by atoms with Crippen molar-refractivity contribution in [2.24, 2.45) is 11.7 Å². The number of nitrogens with two attached hydrogens (primary N) is 1. The third kappa shape index (κ3) is 2.22. The van der Waals surface area contributed by atoms with Gasteiger partial charge in [-0.25, -0.2) is 0 Å². The van der Waals surface area contributed by atoms with Crippen LogP contribution in [0.3, 0.4) is 0 Å². The van der Waals surface area contributed by atoms with E-state index in [1.165, 1.54) is 0 Å². The standard InChI is InChI=1S/C8H14N2O2/c1-6(11)10-3-2-7(5-10)4-8(9)12/h7H,2-5H2,1H3,(H2,9,12). The first-order valence-corrected chi connectivity index (χ1v) is 4.13. The zero-order valence-electron chi connectivity index (χ0n) is 7.25. The molecule has 0 aliphatic carbocycles. The van der Waals surface area contributed by atoms with E-state index in [4.69, 9.17) is 5.73 Å². The van der Waals surface area contributed by atoms with Crippen molar-refractivity contribution in [3.63, 3.8) is 0 Å². The van der Waals surface area contributed by atoms with Gasteiger partial charge in [0.2, 0.25) is 11.8 Å². The van der Waals surface area contributed by atoms with E-state index in [1.54, 1.807) is 11.8 Å². The Balaban J connectivity index is 2.35. The molecule has 2 amide bonds. The Kier molecular flexibility index (Phi) is 2.68. The van der Waals surface area contributed by atoms with Gasteiger partial charge in [0.15, 0.2) is 0 Å². The molecule has 1 aliphatic heterocycles. The van der Waals surface area contributed by atoms with Crippen LogP contribution in [0.15, 0.2) is 0 Å². The Morgan fingerprint density at radius 2 is 2.25 bits per heavy atom. The molecule has 0 bridgehead atoms. The van der Waals surface area contributed by atoms with Gasteiger partial charge in [0, 0.05) is 26.4 Å². The van der Waals surface area contributed by atoms with Gasteiger partial charge in [0.1, 0.15) is 0 Å². The fourth-order valence-corrected chi connectivity index (χ4v) is 1.57. The minimum atomic E-state index is -0.273. The number of likely N-dealkylation sites (tertiary alicyclic amines) is 1. The van der Waals surface area contributed by atoms with E-state index < -0.39 is 0 Å². The van der Waals surface area contributed by atoms with Crippen molar-refractivity contribution in [3.8, 4) is 0 Å². The van der Waals surface area contributed by atoms with Crippen LogP contribution in [0.25, 0.3) is 0 Å². The summed E-state index contributed by atoms with van der Waals surface area (Å²) in [6, 6.07) is 0. The van der Waals surface area contributed by atoms with E-state index in [9.17, 15) is 9.59 Å². The highest BCUT2D eigenvalue weighted by Crippen LogP contribution is 2.18. The Bertz CT molecular complexity index is 203. The van der Waals surface area contributed by atoms with Crippen LogP contribution in [0.2, 0.25) is 0 Å². The normalized spacial score (nSPS) is 22.8. The Labute approximate surface area is 71.7 Å². The average molecular weight is 170 g/mol. The Hall–Kier alpha value is -1.06. The van der Waals surface area contributed by atoms with Crippen LogP contribution < -0.4 is 5.73 Å². The number of nitrogens with zero attached hydrogens (tertiary/aromatic N) is 1. The number of carbonyl (C=O) groups excluding carboxylic acids is 2. The fraction of sp³-hybridized carbons (Fsp3) is 0.750. The van der Waals surface area contributed by atoms with Crippen LogP contribution in [0.5, 0.6) is 0 Å². The first kappa shape index (κ1) is 9.03. The number of primary amides is 1. The zero-order chi connectivity index (χ0) is 9.14. The second-order valence-corrected chi connectivity index (χ2v) is 3.29. The molecular formula is C8H14N2O2. The van der Waals surface area contributed by atoms with Crippen molar-refractivity contribution in [1.82, 2.24) is 4.90 Å². The number of hydrogen-bond acceptors (Lipinski definition) is 2. The maximum atomic E-state index is 10.9. The first-order chi connectivity index (χ1) is 5.59. The molecule has 2 N–H and O–H groups in total. The van der Waals surface area contributed by atoms with Gasteiger partial charge in [-0.2, -0.15) is 0 Å². The third-order valence-electron chi connectivity index (χ3n) is 2.22. The molecule has 4 heteroatoms. The topological polar surface area (TPSA) is 63.4 Å². The molecule has 1 atom stereocenters. The molecule has 1 saturated heterocycles. The molecular weight excluding hydrogens is 156 g/mol. The summed E-state index contributed by atoms with van der Waals surface area (Å²) in [6.45, 7) is 3.01. The smallest absolute Gasteiger partial charge is 0.219 e. The lowest BCUT2D eigenvalue weighted by molar-refractivity contribution is -0.128. The molecule has 68 valence electrons. The van der Waals surface area contributed by atoms with Gasteiger partial charge in [-0.3, -0.25) is 9.59 Å². The number of amides is 2. The summed E-state index contributed by atoms with van der Waals surface area (Å²) in [5.74, 6) is 0.0961. The quantitative estimate of drug-likeness (QED) is 0.620. The van der Waals surface area contributed by atoms with E-state index in [0.717, 1.165) is 13.0 Å². The van der Waals surface area contributed by atoms with Crippen LogP contribution in [-0.4, -0.2) is 29.8 Å². The summed E-state index contributed by atoms with van der Waals surface area (Å²) in [7, 11) is 0. The molecule has 0 spiro atoms. The van der Waals surface area contributed by atoms with Gasteiger partial charge in [-0.1, -0.05) is 0 Å². The number of rotatable bonds is 2. The van der Waals surface area contributed by atoms with Crippen molar-refractivity contribution < 1.29 is 9.59 Å². The Morgan fingerprint density at radius 1 is 1.58 bits per heavy atom. The van der Waals surface area contributed by atoms with Gasteiger partial charge in [0.05, 0.1) is 0 Å². The number of carbonyl (C=O) groups is 2. The molecule has 0 radical (unpaired) electrons. The zero-order valence-corrected chi connectivity index (χ0v) is 7.25. The maximum Gasteiger partial charge on any atom is 0.219 e. The highest BCUT2D eigenvalue weighted by molar-refractivity contribution is 5.75. The second-order valence-electron chi connectivity index (χ2n) is 3.29. The highest BCUT2D eigenvalue weighted by Gasteiger charge is 2.24. The van der Waals surface area contributed by atoms with Crippen molar-refractivity contribution in [2.45, 2.75) is 19.8 Å². The van der Waals surface area contributed by atoms with Gasteiger partial charge in [-0.15, -0.1) is 0 Å². The minimum absolute atomic E-state index is 0.0852.